The van der Waals surface area contributed by atoms with E-state index in [4.69, 9.17) is 16.6 Å². The number of nitrogens with two attached hydrogens (primary N) is 2. The molecule has 0 atom stereocenters. The number of aryl methyl sites for hydroxylation is 1. The lowest BCUT2D eigenvalue weighted by atomic mass is 9.89. The Balaban J connectivity index is 1.91. The summed E-state index contributed by atoms with van der Waals surface area (Å²) in [4.78, 5) is 4.74. The Morgan fingerprint density at radius 1 is 1.29 bits per heavy atom. The Kier molecular flexibility index (Phi) is 3.86. The molecule has 1 fully saturated rings. The van der Waals surface area contributed by atoms with Crippen LogP contribution in [0.5, 0.6) is 0 Å². The van der Waals surface area contributed by atoms with Gasteiger partial charge in [-0.15, -0.1) is 0 Å². The zero-order chi connectivity index (χ0) is 14.8. The highest BCUT2D eigenvalue weighted by molar-refractivity contribution is 5.70. The van der Waals surface area contributed by atoms with E-state index in [1.54, 1.807) is 4.68 Å². The third kappa shape index (κ3) is 2.62. The van der Waals surface area contributed by atoms with Crippen molar-refractivity contribution in [2.45, 2.75) is 57.9 Å². The summed E-state index contributed by atoms with van der Waals surface area (Å²) in [6, 6.07) is 0. The maximum absolute atomic E-state index is 6.16. The standard InChI is InChI=1S/C15H24N6/c1-2-8-20-10-12(9-18-20)13-14(16)21(17)15(19-13)11-6-4-3-5-7-11/h9-11H,2-8,16-17H2,1H3. The maximum atomic E-state index is 6.16. The molecular formula is C15H24N6. The summed E-state index contributed by atoms with van der Waals surface area (Å²) in [6.45, 7) is 3.03. The molecule has 21 heavy (non-hydrogen) atoms. The summed E-state index contributed by atoms with van der Waals surface area (Å²) >= 11 is 0. The van der Waals surface area contributed by atoms with Gasteiger partial charge in [0.2, 0.25) is 0 Å². The van der Waals surface area contributed by atoms with Gasteiger partial charge in [-0.1, -0.05) is 26.2 Å². The largest absolute Gasteiger partial charge is 0.382 e. The summed E-state index contributed by atoms with van der Waals surface area (Å²) in [5.41, 5.74) is 7.87. The first kappa shape index (κ1) is 14.0. The Bertz CT molecular complexity index is 606. The normalized spacial score (nSPS) is 16.4. The highest BCUT2D eigenvalue weighted by atomic mass is 15.4. The van der Waals surface area contributed by atoms with Crippen molar-refractivity contribution in [1.82, 2.24) is 19.4 Å². The number of imidazole rings is 1. The lowest BCUT2D eigenvalue weighted by Crippen LogP contribution is -2.19. The van der Waals surface area contributed by atoms with E-state index in [1.165, 1.54) is 19.3 Å². The molecule has 114 valence electrons. The van der Waals surface area contributed by atoms with E-state index in [-0.39, 0.29) is 0 Å². The second-order valence-electron chi connectivity index (χ2n) is 5.90. The van der Waals surface area contributed by atoms with Crippen LogP contribution in [0, 0.1) is 0 Å². The number of nitrogens with zero attached hydrogens (tertiary/aromatic N) is 4. The number of hydrogen-bond acceptors (Lipinski definition) is 4. The fourth-order valence-electron chi connectivity index (χ4n) is 3.16. The lowest BCUT2D eigenvalue weighted by molar-refractivity contribution is 0.424. The highest BCUT2D eigenvalue weighted by Crippen LogP contribution is 2.35. The zero-order valence-corrected chi connectivity index (χ0v) is 12.6. The molecule has 1 aliphatic carbocycles. The molecule has 1 aliphatic rings. The van der Waals surface area contributed by atoms with Crippen LogP contribution in [0.2, 0.25) is 0 Å². The van der Waals surface area contributed by atoms with Gasteiger partial charge >= 0.3 is 0 Å². The number of anilines is 1. The van der Waals surface area contributed by atoms with Gasteiger partial charge in [-0.25, -0.2) is 9.66 Å². The van der Waals surface area contributed by atoms with E-state index in [0.717, 1.165) is 42.9 Å². The van der Waals surface area contributed by atoms with Gasteiger partial charge in [0, 0.05) is 24.2 Å². The smallest absolute Gasteiger partial charge is 0.150 e. The Morgan fingerprint density at radius 3 is 2.76 bits per heavy atom. The Labute approximate surface area is 125 Å². The van der Waals surface area contributed by atoms with E-state index in [1.807, 2.05) is 17.1 Å². The zero-order valence-electron chi connectivity index (χ0n) is 12.6. The van der Waals surface area contributed by atoms with E-state index in [0.29, 0.717) is 11.7 Å². The monoisotopic (exact) mass is 288 g/mol. The van der Waals surface area contributed by atoms with E-state index in [9.17, 15) is 0 Å². The predicted molar refractivity (Wildman–Crippen MR) is 84.1 cm³/mol. The fraction of sp³-hybridized carbons (Fsp3) is 0.600. The minimum absolute atomic E-state index is 0.436. The number of rotatable bonds is 4. The van der Waals surface area contributed by atoms with Crippen LogP contribution in [-0.2, 0) is 6.54 Å². The first-order valence-corrected chi connectivity index (χ1v) is 7.86. The Hall–Kier alpha value is -1.98. The topological polar surface area (TPSA) is 87.7 Å². The van der Waals surface area contributed by atoms with Crippen molar-refractivity contribution in [3.05, 3.63) is 18.2 Å². The van der Waals surface area contributed by atoms with Crippen molar-refractivity contribution in [2.24, 2.45) is 0 Å². The maximum Gasteiger partial charge on any atom is 0.150 e. The van der Waals surface area contributed by atoms with Crippen molar-refractivity contribution in [3.8, 4) is 11.3 Å². The van der Waals surface area contributed by atoms with E-state index >= 15 is 0 Å². The molecule has 0 radical (unpaired) electrons. The van der Waals surface area contributed by atoms with Crippen molar-refractivity contribution >= 4 is 5.82 Å². The molecule has 0 aliphatic heterocycles. The molecule has 6 nitrogen and oxygen atoms in total. The first-order chi connectivity index (χ1) is 10.2. The van der Waals surface area contributed by atoms with Crippen molar-refractivity contribution in [1.29, 1.82) is 0 Å². The van der Waals surface area contributed by atoms with Gasteiger partial charge in [0.1, 0.15) is 11.5 Å². The molecule has 2 heterocycles. The quantitative estimate of drug-likeness (QED) is 0.846. The third-order valence-electron chi connectivity index (χ3n) is 4.31. The van der Waals surface area contributed by atoms with Crippen LogP contribution in [0.25, 0.3) is 11.3 Å². The average Bonchev–Trinajstić information content (AvgIpc) is 3.07. The van der Waals surface area contributed by atoms with Crippen LogP contribution in [0.1, 0.15) is 57.2 Å². The SMILES string of the molecule is CCCn1cc(-c2nc(C3CCCCC3)n(N)c2N)cn1. The molecule has 2 aromatic rings. The van der Waals surface area contributed by atoms with Crippen molar-refractivity contribution in [2.75, 3.05) is 11.6 Å². The van der Waals surface area contributed by atoms with Gasteiger partial charge in [0.15, 0.2) is 5.82 Å². The Morgan fingerprint density at radius 2 is 2.05 bits per heavy atom. The lowest BCUT2D eigenvalue weighted by Gasteiger charge is -2.20. The molecule has 0 amide bonds. The van der Waals surface area contributed by atoms with Crippen LogP contribution in [0.4, 0.5) is 5.82 Å². The van der Waals surface area contributed by atoms with Crippen LogP contribution in [0.3, 0.4) is 0 Å². The minimum Gasteiger partial charge on any atom is -0.382 e. The molecular weight excluding hydrogens is 264 g/mol. The molecule has 3 rings (SSSR count). The van der Waals surface area contributed by atoms with Gasteiger partial charge in [0.05, 0.1) is 6.20 Å². The van der Waals surface area contributed by atoms with E-state index in [2.05, 4.69) is 12.0 Å². The summed E-state index contributed by atoms with van der Waals surface area (Å²) in [6.07, 6.45) is 11.0. The summed E-state index contributed by atoms with van der Waals surface area (Å²) < 4.78 is 3.49. The predicted octanol–water partition coefficient (Wildman–Crippen LogP) is 2.50. The summed E-state index contributed by atoms with van der Waals surface area (Å²) in [5.74, 6) is 8.03. The van der Waals surface area contributed by atoms with Crippen LogP contribution in [0.15, 0.2) is 12.4 Å². The number of nitrogen functional groups attached to an aromatic ring is 2. The minimum atomic E-state index is 0.436. The summed E-state index contributed by atoms with van der Waals surface area (Å²) in [7, 11) is 0. The summed E-state index contributed by atoms with van der Waals surface area (Å²) in [5, 5.41) is 4.35. The van der Waals surface area contributed by atoms with Crippen molar-refractivity contribution in [3.63, 3.8) is 0 Å². The van der Waals surface area contributed by atoms with Crippen LogP contribution in [-0.4, -0.2) is 19.4 Å². The molecule has 0 spiro atoms. The molecule has 1 saturated carbocycles. The molecule has 4 N–H and O–H groups in total. The molecule has 6 heteroatoms. The number of hydrogen-bond donors (Lipinski definition) is 2. The number of aromatic nitrogens is 4. The third-order valence-corrected chi connectivity index (χ3v) is 4.31. The van der Waals surface area contributed by atoms with Gasteiger partial charge in [0.25, 0.3) is 0 Å². The molecule has 0 unspecified atom stereocenters. The highest BCUT2D eigenvalue weighted by Gasteiger charge is 2.24. The van der Waals surface area contributed by atoms with Crippen LogP contribution >= 0.6 is 0 Å². The second kappa shape index (κ2) is 5.79. The second-order valence-corrected chi connectivity index (χ2v) is 5.90. The van der Waals surface area contributed by atoms with Gasteiger partial charge in [-0.3, -0.25) is 4.68 Å². The first-order valence-electron chi connectivity index (χ1n) is 7.86. The molecule has 0 aromatic carbocycles. The average molecular weight is 288 g/mol. The van der Waals surface area contributed by atoms with E-state index < -0.39 is 0 Å². The molecule has 0 saturated heterocycles. The molecule has 2 aromatic heterocycles. The van der Waals surface area contributed by atoms with Gasteiger partial charge in [-0.05, 0) is 19.3 Å². The van der Waals surface area contributed by atoms with Gasteiger partial charge < -0.3 is 11.6 Å². The van der Waals surface area contributed by atoms with Gasteiger partial charge in [-0.2, -0.15) is 5.10 Å². The van der Waals surface area contributed by atoms with Crippen molar-refractivity contribution < 1.29 is 0 Å². The fourth-order valence-corrected chi connectivity index (χ4v) is 3.16. The molecule has 0 bridgehead atoms. The van der Waals surface area contributed by atoms with Crippen LogP contribution < -0.4 is 11.6 Å².